The van der Waals surface area contributed by atoms with E-state index in [-0.39, 0.29) is 17.9 Å². The summed E-state index contributed by atoms with van der Waals surface area (Å²) in [6, 6.07) is 5.19. The van der Waals surface area contributed by atoms with Crippen LogP contribution >= 0.6 is 15.9 Å². The van der Waals surface area contributed by atoms with Gasteiger partial charge in [-0.2, -0.15) is 0 Å². The largest absolute Gasteiger partial charge is 0.398 e. The number of anilines is 1. The number of amides is 1. The molecule has 0 radical (unpaired) electrons. The molecule has 1 amide bonds. The van der Waals surface area contributed by atoms with Gasteiger partial charge in [0.05, 0.1) is 16.6 Å². The molecule has 2 rings (SSSR count). The third-order valence-electron chi connectivity index (χ3n) is 3.19. The lowest BCUT2D eigenvalue weighted by Crippen LogP contribution is -2.32. The van der Waals surface area contributed by atoms with E-state index in [4.69, 9.17) is 10.8 Å². The fraction of sp³-hybridized carbons (Fsp3) is 0.417. The van der Waals surface area contributed by atoms with Crippen molar-refractivity contribution in [2.45, 2.75) is 12.8 Å². The summed E-state index contributed by atoms with van der Waals surface area (Å²) in [6.45, 7) is 0.648. The number of hydrogen-bond donors (Lipinski definition) is 3. The van der Waals surface area contributed by atoms with E-state index in [1.807, 2.05) is 0 Å². The summed E-state index contributed by atoms with van der Waals surface area (Å²) >= 11 is 3.30. The molecule has 0 unspecified atom stereocenters. The first-order valence-electron chi connectivity index (χ1n) is 5.51. The smallest absolute Gasteiger partial charge is 0.252 e. The number of hydrogen-bond acceptors (Lipinski definition) is 3. The number of halogens is 1. The van der Waals surface area contributed by atoms with Gasteiger partial charge >= 0.3 is 0 Å². The van der Waals surface area contributed by atoms with Gasteiger partial charge in [-0.15, -0.1) is 0 Å². The molecule has 0 spiro atoms. The van der Waals surface area contributed by atoms with E-state index in [0.717, 1.165) is 12.8 Å². The molecule has 0 saturated heterocycles. The summed E-state index contributed by atoms with van der Waals surface area (Å²) in [5, 5.41) is 12.0. The van der Waals surface area contributed by atoms with Crippen LogP contribution in [0.4, 0.5) is 5.69 Å². The van der Waals surface area contributed by atoms with Gasteiger partial charge in [-0.1, -0.05) is 6.07 Å². The van der Waals surface area contributed by atoms with Crippen LogP contribution in [0, 0.1) is 5.41 Å². The Hall–Kier alpha value is -1.07. The Morgan fingerprint density at radius 2 is 2.24 bits per heavy atom. The molecular weight excluding hydrogens is 284 g/mol. The summed E-state index contributed by atoms with van der Waals surface area (Å²) in [7, 11) is 0. The van der Waals surface area contributed by atoms with Gasteiger partial charge < -0.3 is 16.2 Å². The first-order valence-corrected chi connectivity index (χ1v) is 6.30. The summed E-state index contributed by atoms with van der Waals surface area (Å²) in [5.41, 5.74) is 6.70. The van der Waals surface area contributed by atoms with Crippen LogP contribution in [0.25, 0.3) is 0 Å². The van der Waals surface area contributed by atoms with Crippen LogP contribution in [-0.4, -0.2) is 24.2 Å². The number of nitrogens with two attached hydrogens (primary N) is 1. The van der Waals surface area contributed by atoms with E-state index < -0.39 is 0 Å². The highest BCUT2D eigenvalue weighted by Crippen LogP contribution is 2.44. The Balaban J connectivity index is 2.02. The van der Waals surface area contributed by atoms with Gasteiger partial charge in [0.15, 0.2) is 0 Å². The van der Waals surface area contributed by atoms with Crippen molar-refractivity contribution in [3.05, 3.63) is 28.2 Å². The number of rotatable bonds is 4. The molecule has 0 bridgehead atoms. The number of nitrogens with one attached hydrogen (secondary N) is 1. The number of benzene rings is 1. The Morgan fingerprint density at radius 1 is 1.53 bits per heavy atom. The van der Waals surface area contributed by atoms with Gasteiger partial charge in [0.25, 0.3) is 5.91 Å². The van der Waals surface area contributed by atoms with Crippen LogP contribution < -0.4 is 11.1 Å². The summed E-state index contributed by atoms with van der Waals surface area (Å²) in [6.07, 6.45) is 1.95. The maximum absolute atomic E-state index is 11.9. The van der Waals surface area contributed by atoms with Crippen molar-refractivity contribution in [3.63, 3.8) is 0 Å². The molecule has 4 nitrogen and oxygen atoms in total. The van der Waals surface area contributed by atoms with E-state index >= 15 is 0 Å². The predicted octanol–water partition coefficient (Wildman–Crippen LogP) is 1.53. The van der Waals surface area contributed by atoms with Crippen molar-refractivity contribution in [1.29, 1.82) is 0 Å². The molecule has 17 heavy (non-hydrogen) atoms. The van der Waals surface area contributed by atoms with Crippen LogP contribution in [0.3, 0.4) is 0 Å². The van der Waals surface area contributed by atoms with E-state index in [0.29, 0.717) is 22.3 Å². The average molecular weight is 299 g/mol. The third-order valence-corrected chi connectivity index (χ3v) is 4.07. The molecule has 92 valence electrons. The highest BCUT2D eigenvalue weighted by atomic mass is 79.9. The summed E-state index contributed by atoms with van der Waals surface area (Å²) in [5.74, 6) is -0.163. The minimum atomic E-state index is -0.163. The molecule has 1 fully saturated rings. The molecule has 5 heteroatoms. The van der Waals surface area contributed by atoms with E-state index in [1.165, 1.54) is 0 Å². The molecule has 1 aromatic rings. The van der Waals surface area contributed by atoms with Gasteiger partial charge in [-0.05, 0) is 40.9 Å². The van der Waals surface area contributed by atoms with E-state index in [1.54, 1.807) is 18.2 Å². The van der Waals surface area contributed by atoms with Crippen LogP contribution in [0.1, 0.15) is 23.2 Å². The Bertz CT molecular complexity index is 444. The lowest BCUT2D eigenvalue weighted by Gasteiger charge is -2.13. The molecule has 0 atom stereocenters. The number of nitrogen functional groups attached to an aromatic ring is 1. The fourth-order valence-corrected chi connectivity index (χ4v) is 2.10. The number of aliphatic hydroxyl groups excluding tert-OH is 1. The topological polar surface area (TPSA) is 75.4 Å². The maximum Gasteiger partial charge on any atom is 0.252 e. The lowest BCUT2D eigenvalue weighted by atomic mass is 10.1. The van der Waals surface area contributed by atoms with Crippen molar-refractivity contribution < 1.29 is 9.90 Å². The number of carbonyl (C=O) groups is 1. The second kappa shape index (κ2) is 4.66. The van der Waals surface area contributed by atoms with E-state index in [2.05, 4.69) is 21.2 Å². The Morgan fingerprint density at radius 3 is 2.82 bits per heavy atom. The highest BCUT2D eigenvalue weighted by molar-refractivity contribution is 9.10. The number of carbonyl (C=O) groups excluding carboxylic acids is 1. The van der Waals surface area contributed by atoms with Crippen LogP contribution in [-0.2, 0) is 0 Å². The highest BCUT2D eigenvalue weighted by Gasteiger charge is 2.42. The summed E-state index contributed by atoms with van der Waals surface area (Å²) in [4.78, 5) is 11.9. The first kappa shape index (κ1) is 12.4. The average Bonchev–Trinajstić information content (AvgIpc) is 3.10. The van der Waals surface area contributed by atoms with Crippen LogP contribution in [0.5, 0.6) is 0 Å². The third kappa shape index (κ3) is 2.61. The standard InChI is InChI=1S/C12H15BrN2O2/c13-10-8(2-1-3-9(10)14)11(17)15-6-12(7-16)4-5-12/h1-3,16H,4-7,14H2,(H,15,17). The molecular formula is C12H15BrN2O2. The van der Waals surface area contributed by atoms with Crippen molar-refractivity contribution in [1.82, 2.24) is 5.32 Å². The molecule has 0 aromatic heterocycles. The second-order valence-electron chi connectivity index (χ2n) is 4.55. The predicted molar refractivity (Wildman–Crippen MR) is 69.6 cm³/mol. The SMILES string of the molecule is Nc1cccc(C(=O)NCC2(CO)CC2)c1Br. The van der Waals surface area contributed by atoms with Crippen molar-refractivity contribution in [2.24, 2.45) is 5.41 Å². The van der Waals surface area contributed by atoms with Crippen molar-refractivity contribution in [3.8, 4) is 0 Å². The van der Waals surface area contributed by atoms with Crippen molar-refractivity contribution in [2.75, 3.05) is 18.9 Å². The molecule has 1 aromatic carbocycles. The molecule has 4 N–H and O–H groups in total. The molecule has 1 aliphatic rings. The molecule has 1 saturated carbocycles. The first-order chi connectivity index (χ1) is 8.08. The van der Waals surface area contributed by atoms with Crippen molar-refractivity contribution >= 4 is 27.5 Å². The van der Waals surface area contributed by atoms with Crippen LogP contribution in [0.2, 0.25) is 0 Å². The molecule has 1 aliphatic carbocycles. The van der Waals surface area contributed by atoms with Crippen LogP contribution in [0.15, 0.2) is 22.7 Å². The lowest BCUT2D eigenvalue weighted by molar-refractivity contribution is 0.0934. The Labute approximate surface area is 108 Å². The van der Waals surface area contributed by atoms with E-state index in [9.17, 15) is 4.79 Å². The zero-order chi connectivity index (χ0) is 12.5. The van der Waals surface area contributed by atoms with Gasteiger partial charge in [-0.3, -0.25) is 4.79 Å². The zero-order valence-electron chi connectivity index (χ0n) is 9.37. The Kier molecular flexibility index (Phi) is 3.40. The zero-order valence-corrected chi connectivity index (χ0v) is 11.0. The monoisotopic (exact) mass is 298 g/mol. The maximum atomic E-state index is 11.9. The van der Waals surface area contributed by atoms with Gasteiger partial charge in [0.2, 0.25) is 0 Å². The number of aliphatic hydroxyl groups is 1. The normalized spacial score (nSPS) is 16.6. The summed E-state index contributed by atoms with van der Waals surface area (Å²) < 4.78 is 0.617. The minimum absolute atomic E-state index is 0.0809. The van der Waals surface area contributed by atoms with Gasteiger partial charge in [-0.25, -0.2) is 0 Å². The minimum Gasteiger partial charge on any atom is -0.398 e. The fourth-order valence-electron chi connectivity index (χ4n) is 1.66. The van der Waals surface area contributed by atoms with Gasteiger partial charge in [0.1, 0.15) is 0 Å². The molecule has 0 heterocycles. The second-order valence-corrected chi connectivity index (χ2v) is 5.34. The quantitative estimate of drug-likeness (QED) is 0.738. The molecule has 0 aliphatic heterocycles. The van der Waals surface area contributed by atoms with Gasteiger partial charge in [0, 0.05) is 17.6 Å².